The number of nitrogens with zero attached hydrogens (tertiary/aromatic N) is 1. The average Bonchev–Trinajstić information content (AvgIpc) is 2.73. The van der Waals surface area contributed by atoms with Gasteiger partial charge in [-0.1, -0.05) is 0 Å². The van der Waals surface area contributed by atoms with Gasteiger partial charge < -0.3 is 5.32 Å². The van der Waals surface area contributed by atoms with Crippen LogP contribution in [-0.4, -0.2) is 39.9 Å². The molecule has 1 heterocycles. The zero-order valence-electron chi connectivity index (χ0n) is 11.1. The number of thiophene rings is 1. The second-order valence-corrected chi connectivity index (χ2v) is 7.35. The van der Waals surface area contributed by atoms with Crippen LogP contribution in [0.5, 0.6) is 0 Å². The highest BCUT2D eigenvalue weighted by Crippen LogP contribution is 2.14. The number of aryl methyl sites for hydroxylation is 1. The predicted molar refractivity (Wildman–Crippen MR) is 76.0 cm³/mol. The van der Waals surface area contributed by atoms with Crippen LogP contribution < -0.4 is 10.0 Å². The third kappa shape index (κ3) is 5.03. The third-order valence-electron chi connectivity index (χ3n) is 2.53. The first-order chi connectivity index (χ1) is 8.45. The van der Waals surface area contributed by atoms with Gasteiger partial charge in [0, 0.05) is 29.9 Å². The smallest absolute Gasteiger partial charge is 0.279 e. The van der Waals surface area contributed by atoms with E-state index in [1.54, 1.807) is 18.4 Å². The molecule has 18 heavy (non-hydrogen) atoms. The van der Waals surface area contributed by atoms with Crippen molar-refractivity contribution in [1.29, 1.82) is 0 Å². The summed E-state index contributed by atoms with van der Waals surface area (Å²) < 4.78 is 27.8. The predicted octanol–water partition coefficient (Wildman–Crippen LogP) is 0.932. The molecule has 104 valence electrons. The van der Waals surface area contributed by atoms with Gasteiger partial charge in [-0.2, -0.15) is 17.4 Å². The highest BCUT2D eigenvalue weighted by Gasteiger charge is 2.16. The molecule has 2 N–H and O–H groups in total. The Labute approximate surface area is 113 Å². The van der Waals surface area contributed by atoms with E-state index in [1.807, 2.05) is 26.1 Å². The molecular weight excluding hydrogens is 270 g/mol. The maximum absolute atomic E-state index is 11.9. The van der Waals surface area contributed by atoms with E-state index >= 15 is 0 Å². The lowest BCUT2D eigenvalue weighted by atomic mass is 10.4. The second-order valence-electron chi connectivity index (χ2n) is 4.12. The fourth-order valence-electron chi connectivity index (χ4n) is 1.45. The molecule has 0 atom stereocenters. The molecular formula is C11H21N3O2S2. The largest absolute Gasteiger partial charge is 0.320 e. The van der Waals surface area contributed by atoms with Crippen molar-refractivity contribution in [2.24, 2.45) is 0 Å². The lowest BCUT2D eigenvalue weighted by molar-refractivity contribution is 0.448. The molecule has 0 radical (unpaired) electrons. The number of hydrogen-bond acceptors (Lipinski definition) is 4. The molecule has 5 nitrogen and oxygen atoms in total. The van der Waals surface area contributed by atoms with Crippen molar-refractivity contribution in [3.8, 4) is 0 Å². The molecule has 0 amide bonds. The van der Waals surface area contributed by atoms with Gasteiger partial charge in [-0.05, 0) is 39.1 Å². The summed E-state index contributed by atoms with van der Waals surface area (Å²) in [5.41, 5.74) is 0. The van der Waals surface area contributed by atoms with Crippen LogP contribution in [0.1, 0.15) is 16.2 Å². The molecule has 0 aliphatic rings. The summed E-state index contributed by atoms with van der Waals surface area (Å²) in [6.45, 7) is 3.69. The lowest BCUT2D eigenvalue weighted by Gasteiger charge is -2.17. The Morgan fingerprint density at radius 2 is 2.11 bits per heavy atom. The van der Waals surface area contributed by atoms with Gasteiger partial charge >= 0.3 is 0 Å². The van der Waals surface area contributed by atoms with Crippen LogP contribution in [0.15, 0.2) is 12.1 Å². The SMILES string of the molecule is CNCCCN(C)S(=O)(=O)NCc1ccc(C)s1. The van der Waals surface area contributed by atoms with Crippen molar-refractivity contribution < 1.29 is 8.42 Å². The van der Waals surface area contributed by atoms with Crippen molar-refractivity contribution in [1.82, 2.24) is 14.3 Å². The van der Waals surface area contributed by atoms with Crippen molar-refractivity contribution in [3.63, 3.8) is 0 Å². The zero-order chi connectivity index (χ0) is 13.6. The average molecular weight is 291 g/mol. The van der Waals surface area contributed by atoms with Gasteiger partial charge in [0.05, 0.1) is 0 Å². The van der Waals surface area contributed by atoms with Crippen LogP contribution in [0.4, 0.5) is 0 Å². The van der Waals surface area contributed by atoms with Gasteiger partial charge in [-0.25, -0.2) is 0 Å². The van der Waals surface area contributed by atoms with Crippen LogP contribution in [-0.2, 0) is 16.8 Å². The van der Waals surface area contributed by atoms with Crippen LogP contribution in [0.3, 0.4) is 0 Å². The molecule has 0 aliphatic heterocycles. The van der Waals surface area contributed by atoms with E-state index in [-0.39, 0.29) is 0 Å². The first kappa shape index (κ1) is 15.6. The monoisotopic (exact) mass is 291 g/mol. The maximum Gasteiger partial charge on any atom is 0.279 e. The summed E-state index contributed by atoms with van der Waals surface area (Å²) in [4.78, 5) is 2.21. The molecule has 1 aromatic rings. The number of nitrogens with one attached hydrogen (secondary N) is 2. The van der Waals surface area contributed by atoms with E-state index < -0.39 is 10.2 Å². The fourth-order valence-corrected chi connectivity index (χ4v) is 3.30. The minimum atomic E-state index is -3.37. The molecule has 0 aromatic carbocycles. The van der Waals surface area contributed by atoms with Gasteiger partial charge in [0.25, 0.3) is 10.2 Å². The summed E-state index contributed by atoms with van der Waals surface area (Å²) in [7, 11) is 0.0805. The highest BCUT2D eigenvalue weighted by atomic mass is 32.2. The zero-order valence-corrected chi connectivity index (χ0v) is 12.7. The third-order valence-corrected chi connectivity index (χ3v) is 5.05. The van der Waals surface area contributed by atoms with Gasteiger partial charge in [0.15, 0.2) is 0 Å². The molecule has 0 fully saturated rings. The minimum Gasteiger partial charge on any atom is -0.320 e. The summed E-state index contributed by atoms with van der Waals surface area (Å²) in [5, 5.41) is 2.99. The molecule has 0 spiro atoms. The van der Waals surface area contributed by atoms with E-state index in [2.05, 4.69) is 10.0 Å². The Hall–Kier alpha value is -0.470. The van der Waals surface area contributed by atoms with E-state index in [0.29, 0.717) is 13.1 Å². The standard InChI is InChI=1S/C11H21N3O2S2/c1-10-5-6-11(17-10)9-13-18(15,16)14(3)8-4-7-12-2/h5-6,12-13H,4,7-9H2,1-3H3. The molecule has 0 aliphatic carbocycles. The van der Waals surface area contributed by atoms with Gasteiger partial charge in [-0.3, -0.25) is 0 Å². The normalized spacial score (nSPS) is 12.2. The minimum absolute atomic E-state index is 0.358. The first-order valence-electron chi connectivity index (χ1n) is 5.86. The van der Waals surface area contributed by atoms with Crippen LogP contribution in [0, 0.1) is 6.92 Å². The van der Waals surface area contributed by atoms with Crippen LogP contribution >= 0.6 is 11.3 Å². The Morgan fingerprint density at radius 3 is 2.67 bits per heavy atom. The molecule has 1 rings (SSSR count). The summed E-state index contributed by atoms with van der Waals surface area (Å²) in [6, 6.07) is 3.94. The van der Waals surface area contributed by atoms with E-state index in [0.717, 1.165) is 17.8 Å². The quantitative estimate of drug-likeness (QED) is 0.701. The van der Waals surface area contributed by atoms with E-state index in [1.165, 1.54) is 9.18 Å². The number of hydrogen-bond donors (Lipinski definition) is 2. The Kier molecular flexibility index (Phi) is 6.24. The van der Waals surface area contributed by atoms with Gasteiger partial charge in [0.1, 0.15) is 0 Å². The Balaban J connectivity index is 2.43. The summed E-state index contributed by atoms with van der Waals surface area (Å²) >= 11 is 1.61. The Morgan fingerprint density at radius 1 is 1.39 bits per heavy atom. The van der Waals surface area contributed by atoms with Crippen LogP contribution in [0.2, 0.25) is 0 Å². The molecule has 0 saturated carbocycles. The lowest BCUT2D eigenvalue weighted by Crippen LogP contribution is -2.38. The molecule has 1 aromatic heterocycles. The highest BCUT2D eigenvalue weighted by molar-refractivity contribution is 7.87. The maximum atomic E-state index is 11.9. The van der Waals surface area contributed by atoms with Gasteiger partial charge in [-0.15, -0.1) is 11.3 Å². The van der Waals surface area contributed by atoms with E-state index in [4.69, 9.17) is 0 Å². The molecule has 0 saturated heterocycles. The van der Waals surface area contributed by atoms with Gasteiger partial charge in [0.2, 0.25) is 0 Å². The van der Waals surface area contributed by atoms with Crippen molar-refractivity contribution >= 4 is 21.5 Å². The topological polar surface area (TPSA) is 61.4 Å². The van der Waals surface area contributed by atoms with Crippen molar-refractivity contribution in [3.05, 3.63) is 21.9 Å². The van der Waals surface area contributed by atoms with Crippen molar-refractivity contribution in [2.45, 2.75) is 19.9 Å². The number of rotatable bonds is 8. The Bertz CT molecular complexity index is 457. The van der Waals surface area contributed by atoms with Crippen molar-refractivity contribution in [2.75, 3.05) is 27.2 Å². The molecule has 7 heteroatoms. The fraction of sp³-hybridized carbons (Fsp3) is 0.636. The molecule has 0 unspecified atom stereocenters. The summed E-state index contributed by atoms with van der Waals surface area (Å²) in [5.74, 6) is 0. The van der Waals surface area contributed by atoms with Crippen LogP contribution in [0.25, 0.3) is 0 Å². The van der Waals surface area contributed by atoms with E-state index in [9.17, 15) is 8.42 Å². The summed E-state index contributed by atoms with van der Waals surface area (Å²) in [6.07, 6.45) is 0.798. The molecule has 0 bridgehead atoms. The first-order valence-corrected chi connectivity index (χ1v) is 8.12. The second kappa shape index (κ2) is 7.20.